The number of aliphatic hydroxyl groups is 2. The van der Waals surface area contributed by atoms with Gasteiger partial charge < -0.3 is 30.0 Å². The highest BCUT2D eigenvalue weighted by atomic mass is 16.4. The molecule has 0 aliphatic heterocycles. The quantitative estimate of drug-likeness (QED) is 0.482. The molecule has 0 radical (unpaired) electrons. The second kappa shape index (κ2) is 4.39. The molecule has 0 saturated heterocycles. The summed E-state index contributed by atoms with van der Waals surface area (Å²) >= 11 is 0. The van der Waals surface area contributed by atoms with Gasteiger partial charge in [0.2, 0.25) is 0 Å². The van der Waals surface area contributed by atoms with E-state index in [0.29, 0.717) is 0 Å². The highest BCUT2D eigenvalue weighted by molar-refractivity contribution is 5.85. The first-order valence-corrected chi connectivity index (χ1v) is 4.04. The van der Waals surface area contributed by atoms with Crippen molar-refractivity contribution >= 4 is 11.9 Å². The van der Waals surface area contributed by atoms with E-state index in [1.165, 1.54) is 0 Å². The SMILES string of the molecule is CC(C)CC(O)(C(=O)[O-])C(O)C(=O)[O-]. The minimum atomic E-state index is -2.80. The highest BCUT2D eigenvalue weighted by Gasteiger charge is 2.38. The summed E-state index contributed by atoms with van der Waals surface area (Å²) in [4.78, 5) is 20.7. The smallest absolute Gasteiger partial charge is 0.135 e. The molecule has 0 aromatic carbocycles. The normalized spacial score (nSPS) is 17.5. The molecule has 14 heavy (non-hydrogen) atoms. The van der Waals surface area contributed by atoms with E-state index < -0.39 is 30.1 Å². The van der Waals surface area contributed by atoms with Gasteiger partial charge in [-0.1, -0.05) is 13.8 Å². The Morgan fingerprint density at radius 2 is 1.79 bits per heavy atom. The van der Waals surface area contributed by atoms with Crippen LogP contribution in [0.4, 0.5) is 0 Å². The Kier molecular flexibility index (Phi) is 4.03. The Labute approximate surface area is 80.8 Å². The summed E-state index contributed by atoms with van der Waals surface area (Å²) in [5, 5.41) is 39.0. The van der Waals surface area contributed by atoms with Crippen LogP contribution in [0.3, 0.4) is 0 Å². The molecule has 2 atom stereocenters. The second-order valence-electron chi connectivity index (χ2n) is 3.53. The lowest BCUT2D eigenvalue weighted by Gasteiger charge is -2.35. The topological polar surface area (TPSA) is 121 Å². The van der Waals surface area contributed by atoms with Gasteiger partial charge in [0.25, 0.3) is 0 Å². The molecule has 6 nitrogen and oxygen atoms in total. The molecule has 0 aliphatic rings. The summed E-state index contributed by atoms with van der Waals surface area (Å²) in [7, 11) is 0. The number of carbonyl (C=O) groups excluding carboxylic acids is 2. The van der Waals surface area contributed by atoms with Gasteiger partial charge in [0.05, 0.1) is 11.9 Å². The minimum Gasteiger partial charge on any atom is -0.547 e. The molecule has 0 spiro atoms. The van der Waals surface area contributed by atoms with E-state index in [9.17, 15) is 24.9 Å². The number of carbonyl (C=O) groups is 2. The van der Waals surface area contributed by atoms with Gasteiger partial charge in [-0.3, -0.25) is 0 Å². The van der Waals surface area contributed by atoms with Crippen molar-refractivity contribution in [2.75, 3.05) is 0 Å². The molecule has 0 fully saturated rings. The van der Waals surface area contributed by atoms with Crippen molar-refractivity contribution in [2.24, 2.45) is 5.92 Å². The number of carboxylic acid groups (broad SMARTS) is 2. The van der Waals surface area contributed by atoms with Crippen molar-refractivity contribution < 1.29 is 30.0 Å². The first kappa shape index (κ1) is 12.9. The lowest BCUT2D eigenvalue weighted by atomic mass is 9.87. The predicted molar refractivity (Wildman–Crippen MR) is 40.4 cm³/mol. The Morgan fingerprint density at radius 3 is 2.00 bits per heavy atom. The summed E-state index contributed by atoms with van der Waals surface area (Å²) < 4.78 is 0. The van der Waals surface area contributed by atoms with Gasteiger partial charge in [-0.2, -0.15) is 0 Å². The van der Waals surface area contributed by atoms with Gasteiger partial charge in [0, 0.05) is 0 Å². The monoisotopic (exact) mass is 204 g/mol. The van der Waals surface area contributed by atoms with Crippen molar-refractivity contribution in [2.45, 2.75) is 32.0 Å². The standard InChI is InChI=1S/C8H14O6/c1-4(2)3-8(14,7(12)13)5(9)6(10)11/h4-5,9,14H,3H2,1-2H3,(H,10,11)(H,12,13)/p-2. The van der Waals surface area contributed by atoms with Crippen molar-refractivity contribution in [3.63, 3.8) is 0 Å². The molecule has 82 valence electrons. The van der Waals surface area contributed by atoms with E-state index in [1.54, 1.807) is 13.8 Å². The third kappa shape index (κ3) is 2.68. The van der Waals surface area contributed by atoms with Crippen LogP contribution in [0.1, 0.15) is 20.3 Å². The maximum absolute atomic E-state index is 10.5. The molecule has 0 amide bonds. The van der Waals surface area contributed by atoms with Crippen LogP contribution in [0.2, 0.25) is 0 Å². The predicted octanol–water partition coefficient (Wildman–Crippen LogP) is -3.38. The first-order valence-electron chi connectivity index (χ1n) is 4.04. The van der Waals surface area contributed by atoms with Crippen LogP contribution < -0.4 is 10.2 Å². The molecule has 0 heterocycles. The number of hydrogen-bond acceptors (Lipinski definition) is 6. The average Bonchev–Trinajstić information content (AvgIpc) is 2.00. The zero-order chi connectivity index (χ0) is 11.5. The summed E-state index contributed by atoms with van der Waals surface area (Å²) in [5.41, 5.74) is -2.80. The number of hydrogen-bond donors (Lipinski definition) is 2. The molecule has 0 aromatic heterocycles. The largest absolute Gasteiger partial charge is 0.547 e. The summed E-state index contributed by atoms with van der Waals surface area (Å²) in [6.45, 7) is 3.13. The molecule has 0 rings (SSSR count). The fourth-order valence-corrected chi connectivity index (χ4v) is 1.12. The van der Waals surface area contributed by atoms with Crippen LogP contribution in [0.15, 0.2) is 0 Å². The van der Waals surface area contributed by atoms with Gasteiger partial charge in [0.1, 0.15) is 11.7 Å². The van der Waals surface area contributed by atoms with Crippen LogP contribution >= 0.6 is 0 Å². The number of carboxylic acids is 2. The van der Waals surface area contributed by atoms with Gasteiger partial charge in [-0.05, 0) is 12.3 Å². The van der Waals surface area contributed by atoms with Gasteiger partial charge in [-0.25, -0.2) is 0 Å². The van der Waals surface area contributed by atoms with E-state index in [0.717, 1.165) is 0 Å². The first-order chi connectivity index (χ1) is 6.21. The molecule has 0 aromatic rings. The Morgan fingerprint density at radius 1 is 1.36 bits per heavy atom. The third-order valence-corrected chi connectivity index (χ3v) is 1.75. The molecule has 0 saturated carbocycles. The van der Waals surface area contributed by atoms with Crippen LogP contribution in [-0.4, -0.2) is 33.9 Å². The van der Waals surface area contributed by atoms with Crippen LogP contribution in [-0.2, 0) is 9.59 Å². The van der Waals surface area contributed by atoms with E-state index in [-0.39, 0.29) is 5.92 Å². The van der Waals surface area contributed by atoms with E-state index in [4.69, 9.17) is 5.11 Å². The molecule has 0 aliphatic carbocycles. The average molecular weight is 204 g/mol. The number of aliphatic hydroxyl groups excluding tert-OH is 1. The van der Waals surface area contributed by atoms with Gasteiger partial charge >= 0.3 is 0 Å². The van der Waals surface area contributed by atoms with Crippen LogP contribution in [0.25, 0.3) is 0 Å². The van der Waals surface area contributed by atoms with E-state index >= 15 is 0 Å². The molecule has 2 unspecified atom stereocenters. The van der Waals surface area contributed by atoms with Crippen molar-refractivity contribution in [1.82, 2.24) is 0 Å². The van der Waals surface area contributed by atoms with Crippen molar-refractivity contribution in [3.8, 4) is 0 Å². The molecule has 0 bridgehead atoms. The summed E-state index contributed by atoms with van der Waals surface area (Å²) in [5.74, 6) is -4.38. The third-order valence-electron chi connectivity index (χ3n) is 1.75. The molecule has 6 heteroatoms. The van der Waals surface area contributed by atoms with E-state index in [2.05, 4.69) is 0 Å². The number of aliphatic carboxylic acids is 2. The maximum atomic E-state index is 10.5. The second-order valence-corrected chi connectivity index (χ2v) is 3.53. The van der Waals surface area contributed by atoms with Crippen molar-refractivity contribution in [1.29, 1.82) is 0 Å². The lowest BCUT2D eigenvalue weighted by molar-refractivity contribution is -0.346. The summed E-state index contributed by atoms with van der Waals surface area (Å²) in [6.07, 6.45) is -2.92. The summed E-state index contributed by atoms with van der Waals surface area (Å²) in [6, 6.07) is 0. The number of rotatable bonds is 5. The maximum Gasteiger partial charge on any atom is 0.135 e. The zero-order valence-corrected chi connectivity index (χ0v) is 7.89. The van der Waals surface area contributed by atoms with E-state index in [1.807, 2.05) is 0 Å². The van der Waals surface area contributed by atoms with Gasteiger partial charge in [0.15, 0.2) is 0 Å². The fraction of sp³-hybridized carbons (Fsp3) is 0.750. The zero-order valence-electron chi connectivity index (χ0n) is 7.89. The Balaban J connectivity index is 4.89. The molecule has 2 N–H and O–H groups in total. The van der Waals surface area contributed by atoms with Crippen LogP contribution in [0.5, 0.6) is 0 Å². The Hall–Kier alpha value is -1.14. The highest BCUT2D eigenvalue weighted by Crippen LogP contribution is 2.20. The van der Waals surface area contributed by atoms with Gasteiger partial charge in [-0.15, -0.1) is 0 Å². The Bertz CT molecular complexity index is 236. The fourth-order valence-electron chi connectivity index (χ4n) is 1.12. The minimum absolute atomic E-state index is 0.313. The van der Waals surface area contributed by atoms with Crippen molar-refractivity contribution in [3.05, 3.63) is 0 Å². The lowest BCUT2D eigenvalue weighted by Crippen LogP contribution is -2.62. The molecular weight excluding hydrogens is 192 g/mol. The molecular formula is C8H12O6-2. The van der Waals surface area contributed by atoms with Crippen LogP contribution in [0, 0.1) is 5.92 Å².